The monoisotopic (exact) mass is 352 g/mol. The number of unbranched alkanes of at least 4 members (excludes halogenated alkanes) is 14. The molecule has 0 aliphatic carbocycles. The molecule has 0 rings (SSSR count). The van der Waals surface area contributed by atoms with E-state index in [0.717, 1.165) is 24.8 Å². The molecule has 0 aliphatic heterocycles. The highest BCUT2D eigenvalue weighted by atomic mass is 16.5. The molecule has 2 nitrogen and oxygen atoms in total. The summed E-state index contributed by atoms with van der Waals surface area (Å²) in [6, 6.07) is 0. The maximum absolute atomic E-state index is 11.5. The highest BCUT2D eigenvalue weighted by Gasteiger charge is 2.02. The van der Waals surface area contributed by atoms with E-state index in [4.69, 9.17) is 4.74 Å². The zero-order valence-electron chi connectivity index (χ0n) is 17.3. The molecule has 0 amide bonds. The molecule has 0 heterocycles. The molecule has 0 atom stereocenters. The number of ether oxygens (including phenoxy) is 1. The van der Waals surface area contributed by atoms with E-state index in [1.54, 1.807) is 0 Å². The first-order chi connectivity index (χ1) is 12.2. The van der Waals surface area contributed by atoms with Crippen LogP contribution in [0.25, 0.3) is 0 Å². The Kier molecular flexibility index (Phi) is 18.9. The van der Waals surface area contributed by atoms with Crippen LogP contribution in [0.5, 0.6) is 0 Å². The molecule has 0 saturated carbocycles. The van der Waals surface area contributed by atoms with Gasteiger partial charge >= 0.3 is 5.97 Å². The minimum absolute atomic E-state index is 0.0454. The lowest BCUT2D eigenvalue weighted by atomic mass is 10.0. The summed E-state index contributed by atoms with van der Waals surface area (Å²) < 4.78 is 5.17. The second-order valence-electron chi connectivity index (χ2n) is 7.63. The summed E-state index contributed by atoms with van der Waals surface area (Å²) in [5.74, 6) is -0.0454. The maximum Gasteiger partial charge on any atom is 0.305 e. The van der Waals surface area contributed by atoms with Gasteiger partial charge in [0.15, 0.2) is 0 Å². The zero-order valence-corrected chi connectivity index (χ0v) is 17.3. The van der Waals surface area contributed by atoms with Crippen LogP contribution in [-0.2, 0) is 9.53 Å². The number of hydrogen-bond donors (Lipinski definition) is 0. The Labute approximate surface area is 157 Å². The third-order valence-corrected chi connectivity index (χ3v) is 4.78. The van der Waals surface area contributed by atoms with E-state index >= 15 is 0 Å². The van der Waals surface area contributed by atoms with Gasteiger partial charge in [-0.2, -0.15) is 0 Å². The molecule has 0 aliphatic rings. The Morgan fingerprint density at radius 3 is 1.48 bits per heavy atom. The Morgan fingerprint density at radius 2 is 1.08 bits per heavy atom. The largest absolute Gasteiger partial charge is 0.465 e. The van der Waals surface area contributed by atoms with E-state index in [1.165, 1.54) is 83.5 Å². The van der Waals surface area contributed by atoms with Crippen molar-refractivity contribution in [3.05, 3.63) is 12.2 Å². The predicted molar refractivity (Wildman–Crippen MR) is 110 cm³/mol. The van der Waals surface area contributed by atoms with Crippen molar-refractivity contribution in [3.8, 4) is 0 Å². The van der Waals surface area contributed by atoms with E-state index in [0.29, 0.717) is 13.0 Å². The van der Waals surface area contributed by atoms with Gasteiger partial charge in [0.1, 0.15) is 0 Å². The van der Waals surface area contributed by atoms with Crippen molar-refractivity contribution < 1.29 is 9.53 Å². The lowest BCUT2D eigenvalue weighted by Gasteiger charge is -2.05. The molecular formula is C23H44O2. The average Bonchev–Trinajstić information content (AvgIpc) is 2.58. The lowest BCUT2D eigenvalue weighted by Crippen LogP contribution is -2.05. The van der Waals surface area contributed by atoms with Gasteiger partial charge < -0.3 is 4.74 Å². The molecule has 0 bridgehead atoms. The van der Waals surface area contributed by atoms with Gasteiger partial charge in [-0.05, 0) is 13.3 Å². The number of esters is 1. The van der Waals surface area contributed by atoms with Crippen molar-refractivity contribution in [1.29, 1.82) is 0 Å². The Morgan fingerprint density at radius 1 is 0.680 bits per heavy atom. The third-order valence-electron chi connectivity index (χ3n) is 4.78. The topological polar surface area (TPSA) is 26.3 Å². The average molecular weight is 353 g/mol. The van der Waals surface area contributed by atoms with Gasteiger partial charge in [-0.25, -0.2) is 0 Å². The zero-order chi connectivity index (χ0) is 18.6. The maximum atomic E-state index is 11.5. The summed E-state index contributed by atoms with van der Waals surface area (Å²) in [4.78, 5) is 11.5. The molecule has 0 aromatic rings. The van der Waals surface area contributed by atoms with E-state index in [9.17, 15) is 4.79 Å². The molecule has 0 N–H and O–H groups in total. The minimum atomic E-state index is -0.0454. The van der Waals surface area contributed by atoms with Crippen LogP contribution in [0.2, 0.25) is 0 Å². The first kappa shape index (κ1) is 24.2. The summed E-state index contributed by atoms with van der Waals surface area (Å²) >= 11 is 0. The SMILES string of the molecule is C=C(C)CCOC(=O)CCCCCCCCCCCCCCCCC. The van der Waals surface area contributed by atoms with Crippen LogP contribution in [0.1, 0.15) is 123 Å². The molecule has 25 heavy (non-hydrogen) atoms. The normalized spacial score (nSPS) is 10.8. The van der Waals surface area contributed by atoms with E-state index < -0.39 is 0 Å². The van der Waals surface area contributed by atoms with Crippen molar-refractivity contribution in [2.24, 2.45) is 0 Å². The Bertz CT molecular complexity index is 309. The molecule has 0 fully saturated rings. The molecule has 0 spiro atoms. The summed E-state index contributed by atoms with van der Waals surface area (Å²) in [5.41, 5.74) is 1.07. The molecular weight excluding hydrogens is 308 g/mol. The second kappa shape index (κ2) is 19.5. The Balaban J connectivity index is 3.11. The summed E-state index contributed by atoms with van der Waals surface area (Å²) in [6.07, 6.45) is 21.6. The standard InChI is InChI=1S/C23H44O2/c1-4-5-6-7-8-9-10-11-12-13-14-15-16-17-18-19-23(24)25-21-20-22(2)3/h2,4-21H2,1,3H3. The van der Waals surface area contributed by atoms with Gasteiger partial charge in [-0.3, -0.25) is 4.79 Å². The Hall–Kier alpha value is -0.790. The molecule has 0 aromatic carbocycles. The minimum Gasteiger partial charge on any atom is -0.465 e. The van der Waals surface area contributed by atoms with Crippen LogP contribution in [0.4, 0.5) is 0 Å². The van der Waals surface area contributed by atoms with Gasteiger partial charge in [0, 0.05) is 12.8 Å². The molecule has 0 aromatic heterocycles. The highest BCUT2D eigenvalue weighted by Crippen LogP contribution is 2.13. The van der Waals surface area contributed by atoms with Gasteiger partial charge in [0.2, 0.25) is 0 Å². The van der Waals surface area contributed by atoms with Crippen LogP contribution < -0.4 is 0 Å². The fraction of sp³-hybridized carbons (Fsp3) is 0.870. The van der Waals surface area contributed by atoms with E-state index in [1.807, 2.05) is 6.92 Å². The van der Waals surface area contributed by atoms with E-state index in [2.05, 4.69) is 13.5 Å². The van der Waals surface area contributed by atoms with Crippen molar-refractivity contribution >= 4 is 5.97 Å². The summed E-state index contributed by atoms with van der Waals surface area (Å²) in [7, 11) is 0. The van der Waals surface area contributed by atoms with Crippen LogP contribution in [-0.4, -0.2) is 12.6 Å². The van der Waals surface area contributed by atoms with Gasteiger partial charge in [0.05, 0.1) is 6.61 Å². The number of carbonyl (C=O) groups excluding carboxylic acids is 1. The first-order valence-electron chi connectivity index (χ1n) is 11.0. The molecule has 148 valence electrons. The smallest absolute Gasteiger partial charge is 0.305 e. The lowest BCUT2D eigenvalue weighted by molar-refractivity contribution is -0.143. The molecule has 0 unspecified atom stereocenters. The highest BCUT2D eigenvalue weighted by molar-refractivity contribution is 5.69. The fourth-order valence-electron chi connectivity index (χ4n) is 3.05. The second-order valence-corrected chi connectivity index (χ2v) is 7.63. The van der Waals surface area contributed by atoms with E-state index in [-0.39, 0.29) is 5.97 Å². The predicted octanol–water partition coefficient (Wildman–Crippen LogP) is 7.76. The number of hydrogen-bond acceptors (Lipinski definition) is 2. The molecule has 2 heteroatoms. The first-order valence-corrected chi connectivity index (χ1v) is 11.0. The quantitative estimate of drug-likeness (QED) is 0.135. The van der Waals surface area contributed by atoms with Crippen LogP contribution in [0.15, 0.2) is 12.2 Å². The van der Waals surface area contributed by atoms with Crippen LogP contribution >= 0.6 is 0 Å². The third kappa shape index (κ3) is 21.2. The number of carbonyl (C=O) groups is 1. The summed E-state index contributed by atoms with van der Waals surface area (Å²) in [6.45, 7) is 8.54. The van der Waals surface area contributed by atoms with Crippen molar-refractivity contribution in [1.82, 2.24) is 0 Å². The van der Waals surface area contributed by atoms with Gasteiger partial charge in [-0.15, -0.1) is 6.58 Å². The molecule has 0 saturated heterocycles. The van der Waals surface area contributed by atoms with Crippen molar-refractivity contribution in [2.75, 3.05) is 6.61 Å². The van der Waals surface area contributed by atoms with Crippen molar-refractivity contribution in [2.45, 2.75) is 123 Å². The molecule has 0 radical (unpaired) electrons. The van der Waals surface area contributed by atoms with Gasteiger partial charge in [0.25, 0.3) is 0 Å². The number of rotatable bonds is 19. The summed E-state index contributed by atoms with van der Waals surface area (Å²) in [5, 5.41) is 0. The van der Waals surface area contributed by atoms with Crippen LogP contribution in [0.3, 0.4) is 0 Å². The fourth-order valence-corrected chi connectivity index (χ4v) is 3.05. The van der Waals surface area contributed by atoms with Crippen molar-refractivity contribution in [3.63, 3.8) is 0 Å². The van der Waals surface area contributed by atoms with Crippen LogP contribution in [0, 0.1) is 0 Å². The van der Waals surface area contributed by atoms with Gasteiger partial charge in [-0.1, -0.05) is 102 Å².